The van der Waals surface area contributed by atoms with Crippen LogP contribution in [0.4, 0.5) is 0 Å². The quantitative estimate of drug-likeness (QED) is 0.719. The lowest BCUT2D eigenvalue weighted by molar-refractivity contribution is 1.41. The Hall–Kier alpha value is -0.740. The van der Waals surface area contributed by atoms with Crippen molar-refractivity contribution in [3.05, 3.63) is 23.0 Å². The fourth-order valence-corrected chi connectivity index (χ4v) is 1.66. The van der Waals surface area contributed by atoms with Crippen molar-refractivity contribution in [1.29, 1.82) is 0 Å². The van der Waals surface area contributed by atoms with E-state index in [1.807, 2.05) is 33.8 Å². The molecule has 1 heterocycles. The van der Waals surface area contributed by atoms with Gasteiger partial charge in [0.15, 0.2) is 5.17 Å². The zero-order valence-electron chi connectivity index (χ0n) is 9.41. The predicted molar refractivity (Wildman–Crippen MR) is 71.4 cm³/mol. The van der Waals surface area contributed by atoms with Gasteiger partial charge in [-0.25, -0.2) is 9.98 Å². The summed E-state index contributed by atoms with van der Waals surface area (Å²) in [6.07, 6.45) is 3.57. The number of hydrogen-bond donors (Lipinski definition) is 1. The third kappa shape index (κ3) is 4.53. The van der Waals surface area contributed by atoms with Crippen molar-refractivity contribution >= 4 is 33.6 Å². The summed E-state index contributed by atoms with van der Waals surface area (Å²) in [5, 5.41) is 1.71. The van der Waals surface area contributed by atoms with E-state index in [9.17, 15) is 0 Å². The summed E-state index contributed by atoms with van der Waals surface area (Å²) in [4.78, 5) is 8.22. The second-order valence-electron chi connectivity index (χ2n) is 2.25. The van der Waals surface area contributed by atoms with Gasteiger partial charge >= 0.3 is 0 Å². The molecule has 0 spiro atoms. The Bertz CT molecular complexity index is 330. The number of nitrogens with two attached hydrogens (primary N) is 1. The van der Waals surface area contributed by atoms with Gasteiger partial charge in [0.1, 0.15) is 10.2 Å². The summed E-state index contributed by atoms with van der Waals surface area (Å²) in [5.41, 5.74) is 6.32. The number of halogens is 1. The zero-order valence-corrected chi connectivity index (χ0v) is 11.0. The van der Waals surface area contributed by atoms with Gasteiger partial charge in [0.2, 0.25) is 0 Å². The number of rotatable bonds is 1. The first-order chi connectivity index (χ1) is 7.17. The SMILES string of the molecule is CC.C\C=C(Cl)/N=C1/SC(N)=N/C1=C/C. The third-order valence-corrected chi connectivity index (χ3v) is 2.47. The van der Waals surface area contributed by atoms with E-state index in [0.717, 1.165) is 10.7 Å². The lowest BCUT2D eigenvalue weighted by Gasteiger charge is -1.94. The van der Waals surface area contributed by atoms with E-state index in [1.54, 1.807) is 6.08 Å². The summed E-state index contributed by atoms with van der Waals surface area (Å²) in [5.74, 6) is 0. The van der Waals surface area contributed by atoms with Gasteiger partial charge in [-0.1, -0.05) is 37.6 Å². The molecule has 0 aliphatic carbocycles. The van der Waals surface area contributed by atoms with Gasteiger partial charge in [-0.15, -0.1) is 0 Å². The molecule has 0 aromatic carbocycles. The monoisotopic (exact) mass is 245 g/mol. The molecule has 1 aliphatic heterocycles. The lowest BCUT2D eigenvalue weighted by Crippen LogP contribution is -2.02. The molecule has 2 N–H and O–H groups in total. The summed E-state index contributed by atoms with van der Waals surface area (Å²) < 4.78 is 0. The van der Waals surface area contributed by atoms with Crippen molar-refractivity contribution in [2.75, 3.05) is 0 Å². The van der Waals surface area contributed by atoms with Crippen LogP contribution < -0.4 is 5.73 Å². The molecule has 3 nitrogen and oxygen atoms in total. The second-order valence-corrected chi connectivity index (χ2v) is 3.65. The average molecular weight is 246 g/mol. The molecule has 0 unspecified atom stereocenters. The molecule has 0 atom stereocenters. The van der Waals surface area contributed by atoms with E-state index in [2.05, 4.69) is 9.98 Å². The maximum absolute atomic E-state index is 5.76. The fraction of sp³-hybridized carbons (Fsp3) is 0.400. The van der Waals surface area contributed by atoms with E-state index in [-0.39, 0.29) is 0 Å². The first-order valence-electron chi connectivity index (χ1n) is 4.76. The predicted octanol–water partition coefficient (Wildman–Crippen LogP) is 3.48. The second kappa shape index (κ2) is 7.54. The number of aliphatic imine (C=N–C) groups is 2. The van der Waals surface area contributed by atoms with E-state index in [1.165, 1.54) is 11.8 Å². The van der Waals surface area contributed by atoms with Crippen molar-refractivity contribution < 1.29 is 0 Å². The molecule has 0 aromatic heterocycles. The van der Waals surface area contributed by atoms with Crippen molar-refractivity contribution in [1.82, 2.24) is 0 Å². The first-order valence-corrected chi connectivity index (χ1v) is 5.96. The number of amidine groups is 1. The lowest BCUT2D eigenvalue weighted by atomic mass is 10.4. The van der Waals surface area contributed by atoms with Crippen molar-refractivity contribution in [3.63, 3.8) is 0 Å². The topological polar surface area (TPSA) is 50.7 Å². The molecule has 0 bridgehead atoms. The Morgan fingerprint density at radius 3 is 2.53 bits per heavy atom. The van der Waals surface area contributed by atoms with Gasteiger partial charge in [0, 0.05) is 0 Å². The van der Waals surface area contributed by atoms with Crippen LogP contribution in [-0.2, 0) is 0 Å². The molecule has 15 heavy (non-hydrogen) atoms. The van der Waals surface area contributed by atoms with Crippen molar-refractivity contribution in [2.45, 2.75) is 27.7 Å². The summed E-state index contributed by atoms with van der Waals surface area (Å²) in [7, 11) is 0. The average Bonchev–Trinajstić information content (AvgIpc) is 2.61. The summed E-state index contributed by atoms with van der Waals surface area (Å²) >= 11 is 7.08. The Labute approximate surface area is 100 Å². The minimum Gasteiger partial charge on any atom is -0.378 e. The molecular weight excluding hydrogens is 230 g/mol. The molecule has 0 saturated heterocycles. The first kappa shape index (κ1) is 14.3. The molecule has 0 radical (unpaired) electrons. The Balaban J connectivity index is 0.000000921. The van der Waals surface area contributed by atoms with Crippen LogP contribution in [-0.4, -0.2) is 10.2 Å². The molecule has 0 amide bonds. The third-order valence-electron chi connectivity index (χ3n) is 1.37. The van der Waals surface area contributed by atoms with Crippen molar-refractivity contribution in [2.24, 2.45) is 15.7 Å². The van der Waals surface area contributed by atoms with E-state index >= 15 is 0 Å². The van der Waals surface area contributed by atoms with Crippen LogP contribution in [0.3, 0.4) is 0 Å². The molecule has 0 fully saturated rings. The minimum atomic E-state index is 0.451. The minimum absolute atomic E-state index is 0.451. The zero-order chi connectivity index (χ0) is 11.8. The highest BCUT2D eigenvalue weighted by Crippen LogP contribution is 2.24. The van der Waals surface area contributed by atoms with Crippen LogP contribution in [0.15, 0.2) is 33.0 Å². The van der Waals surface area contributed by atoms with Crippen LogP contribution in [0.5, 0.6) is 0 Å². The van der Waals surface area contributed by atoms with Crippen LogP contribution in [0, 0.1) is 0 Å². The normalized spacial score (nSPS) is 21.4. The van der Waals surface area contributed by atoms with E-state index in [0.29, 0.717) is 10.3 Å². The Kier molecular flexibility index (Phi) is 7.17. The highest BCUT2D eigenvalue weighted by Gasteiger charge is 2.16. The molecule has 84 valence electrons. The molecule has 5 heteroatoms. The fourth-order valence-electron chi connectivity index (χ4n) is 0.770. The van der Waals surface area contributed by atoms with Gasteiger partial charge < -0.3 is 5.73 Å². The molecular formula is C10H16ClN3S. The maximum atomic E-state index is 5.76. The number of allylic oxidation sites excluding steroid dienone is 2. The summed E-state index contributed by atoms with van der Waals surface area (Å²) in [6.45, 7) is 7.71. The van der Waals surface area contributed by atoms with E-state index < -0.39 is 0 Å². The summed E-state index contributed by atoms with van der Waals surface area (Å²) in [6, 6.07) is 0. The smallest absolute Gasteiger partial charge is 0.165 e. The van der Waals surface area contributed by atoms with Gasteiger partial charge in [0.25, 0.3) is 0 Å². The van der Waals surface area contributed by atoms with Crippen LogP contribution in [0.2, 0.25) is 0 Å². The number of hydrogen-bond acceptors (Lipinski definition) is 4. The van der Waals surface area contributed by atoms with Crippen molar-refractivity contribution in [3.8, 4) is 0 Å². The van der Waals surface area contributed by atoms with Crippen LogP contribution >= 0.6 is 23.4 Å². The largest absolute Gasteiger partial charge is 0.378 e. The van der Waals surface area contributed by atoms with Gasteiger partial charge in [-0.3, -0.25) is 0 Å². The number of thioether (sulfide) groups is 1. The van der Waals surface area contributed by atoms with Gasteiger partial charge in [-0.05, 0) is 25.6 Å². The maximum Gasteiger partial charge on any atom is 0.165 e. The van der Waals surface area contributed by atoms with Crippen LogP contribution in [0.25, 0.3) is 0 Å². The Morgan fingerprint density at radius 2 is 2.07 bits per heavy atom. The number of nitrogens with zero attached hydrogens (tertiary/aromatic N) is 2. The highest BCUT2D eigenvalue weighted by molar-refractivity contribution is 8.27. The molecule has 0 saturated carbocycles. The Morgan fingerprint density at radius 1 is 1.47 bits per heavy atom. The van der Waals surface area contributed by atoms with Gasteiger partial charge in [0.05, 0.1) is 5.70 Å². The molecule has 1 rings (SSSR count). The standard InChI is InChI=1S/C8H10ClN3S.C2H6/c1-3-5-7(12-6(9)4-2)13-8(10)11-5;1-2/h3-4H,1-2H3,(H2,10,11);1-2H3/b5-3+,6-4-,12-7+;. The molecule has 0 aromatic rings. The van der Waals surface area contributed by atoms with Crippen LogP contribution in [0.1, 0.15) is 27.7 Å². The molecule has 1 aliphatic rings. The van der Waals surface area contributed by atoms with Gasteiger partial charge in [-0.2, -0.15) is 0 Å². The van der Waals surface area contributed by atoms with E-state index in [4.69, 9.17) is 17.3 Å². The highest BCUT2D eigenvalue weighted by atomic mass is 35.5.